The van der Waals surface area contributed by atoms with Crippen molar-refractivity contribution >= 4 is 12.0 Å². The van der Waals surface area contributed by atoms with E-state index in [1.54, 1.807) is 4.90 Å². The van der Waals surface area contributed by atoms with E-state index in [2.05, 4.69) is 0 Å². The number of carboxylic acids is 1. The zero-order valence-corrected chi connectivity index (χ0v) is 10.5. The van der Waals surface area contributed by atoms with E-state index in [9.17, 15) is 9.59 Å². The van der Waals surface area contributed by atoms with E-state index in [0.29, 0.717) is 13.2 Å². The highest BCUT2D eigenvalue weighted by Crippen LogP contribution is 2.14. The third-order valence-electron chi connectivity index (χ3n) is 3.49. The molecule has 2 aliphatic heterocycles. The van der Waals surface area contributed by atoms with Crippen LogP contribution in [0.25, 0.3) is 0 Å². The Bertz CT molecular complexity index is 313. The lowest BCUT2D eigenvalue weighted by Crippen LogP contribution is -2.53. The normalized spacial score (nSPS) is 25.7. The molecule has 1 N–H and O–H groups in total. The van der Waals surface area contributed by atoms with Crippen LogP contribution in [0.2, 0.25) is 0 Å². The fraction of sp³-hybridized carbons (Fsp3) is 0.833. The summed E-state index contributed by atoms with van der Waals surface area (Å²) in [4.78, 5) is 26.6. The molecule has 2 amide bonds. The van der Waals surface area contributed by atoms with Crippen molar-refractivity contribution in [3.05, 3.63) is 0 Å². The number of nitrogens with zero attached hydrogens (tertiary/aromatic N) is 2. The number of likely N-dealkylation sites (tertiary alicyclic amines) is 1. The van der Waals surface area contributed by atoms with Gasteiger partial charge in [0.05, 0.1) is 13.2 Å². The monoisotopic (exact) mass is 256 g/mol. The highest BCUT2D eigenvalue weighted by Gasteiger charge is 2.31. The third kappa shape index (κ3) is 3.13. The van der Waals surface area contributed by atoms with Gasteiger partial charge in [0.2, 0.25) is 0 Å². The number of ether oxygens (including phenoxy) is 1. The summed E-state index contributed by atoms with van der Waals surface area (Å²) >= 11 is 0. The second kappa shape index (κ2) is 6.04. The summed E-state index contributed by atoms with van der Waals surface area (Å²) in [6, 6.07) is -0.0357. The minimum Gasteiger partial charge on any atom is -0.479 e. The molecule has 2 aliphatic rings. The minimum absolute atomic E-state index is 0.0357. The molecule has 0 aromatic carbocycles. The van der Waals surface area contributed by atoms with Crippen molar-refractivity contribution in [2.24, 2.45) is 0 Å². The lowest BCUT2D eigenvalue weighted by Gasteiger charge is -2.34. The standard InChI is InChI=1S/C12H20N2O4/c15-11(16)10-9-14(7-8-18-10)12(17)13-5-3-1-2-4-6-13/h10H,1-9H2,(H,15,16). The van der Waals surface area contributed by atoms with Crippen LogP contribution in [0.3, 0.4) is 0 Å². The molecule has 1 unspecified atom stereocenters. The van der Waals surface area contributed by atoms with Gasteiger partial charge in [0, 0.05) is 19.6 Å². The van der Waals surface area contributed by atoms with Crippen LogP contribution in [-0.4, -0.2) is 65.8 Å². The number of hydrogen-bond acceptors (Lipinski definition) is 3. The number of carboxylic acid groups (broad SMARTS) is 1. The van der Waals surface area contributed by atoms with Gasteiger partial charge in [-0.2, -0.15) is 0 Å². The Kier molecular flexibility index (Phi) is 4.41. The molecule has 0 aromatic heterocycles. The smallest absolute Gasteiger partial charge is 0.334 e. The molecule has 0 bridgehead atoms. The van der Waals surface area contributed by atoms with E-state index in [-0.39, 0.29) is 12.6 Å². The van der Waals surface area contributed by atoms with Gasteiger partial charge in [0.25, 0.3) is 0 Å². The van der Waals surface area contributed by atoms with E-state index in [4.69, 9.17) is 9.84 Å². The third-order valence-corrected chi connectivity index (χ3v) is 3.49. The lowest BCUT2D eigenvalue weighted by molar-refractivity contribution is -0.154. The number of carbonyl (C=O) groups excluding carboxylic acids is 1. The molecule has 6 heteroatoms. The number of rotatable bonds is 1. The predicted octanol–water partition coefficient (Wildman–Crippen LogP) is 0.768. The van der Waals surface area contributed by atoms with Crippen LogP contribution < -0.4 is 0 Å². The summed E-state index contributed by atoms with van der Waals surface area (Å²) in [6.07, 6.45) is 3.54. The van der Waals surface area contributed by atoms with Gasteiger partial charge in [0.1, 0.15) is 0 Å². The number of urea groups is 1. The lowest BCUT2D eigenvalue weighted by atomic mass is 10.2. The predicted molar refractivity (Wildman–Crippen MR) is 64.4 cm³/mol. The Hall–Kier alpha value is -1.30. The van der Waals surface area contributed by atoms with Crippen LogP contribution in [-0.2, 0) is 9.53 Å². The quantitative estimate of drug-likeness (QED) is 0.752. The van der Waals surface area contributed by atoms with Gasteiger partial charge in [-0.25, -0.2) is 9.59 Å². The minimum atomic E-state index is -0.997. The summed E-state index contributed by atoms with van der Waals surface area (Å²) in [7, 11) is 0. The average Bonchev–Trinajstić information content (AvgIpc) is 2.67. The van der Waals surface area contributed by atoms with Gasteiger partial charge >= 0.3 is 12.0 Å². The van der Waals surface area contributed by atoms with Crippen molar-refractivity contribution in [2.45, 2.75) is 31.8 Å². The number of amides is 2. The Morgan fingerprint density at radius 2 is 1.67 bits per heavy atom. The fourth-order valence-corrected chi connectivity index (χ4v) is 2.43. The Morgan fingerprint density at radius 3 is 2.28 bits per heavy atom. The number of morpholine rings is 1. The van der Waals surface area contributed by atoms with Gasteiger partial charge in [-0.05, 0) is 12.8 Å². The van der Waals surface area contributed by atoms with Gasteiger partial charge in [0.15, 0.2) is 6.10 Å². The van der Waals surface area contributed by atoms with Crippen LogP contribution >= 0.6 is 0 Å². The second-order valence-electron chi connectivity index (χ2n) is 4.83. The molecule has 0 spiro atoms. The summed E-state index contributed by atoms with van der Waals surface area (Å²) in [6.45, 7) is 2.52. The largest absolute Gasteiger partial charge is 0.479 e. The Balaban J connectivity index is 1.92. The number of aliphatic carboxylic acids is 1. The number of hydrogen-bond donors (Lipinski definition) is 1. The summed E-state index contributed by atoms with van der Waals surface area (Å²) < 4.78 is 5.12. The topological polar surface area (TPSA) is 70.1 Å². The maximum atomic E-state index is 12.3. The van der Waals surface area contributed by atoms with E-state index in [0.717, 1.165) is 25.9 Å². The van der Waals surface area contributed by atoms with Gasteiger partial charge in [-0.15, -0.1) is 0 Å². The van der Waals surface area contributed by atoms with Crippen molar-refractivity contribution in [2.75, 3.05) is 32.8 Å². The van der Waals surface area contributed by atoms with Crippen molar-refractivity contribution in [3.8, 4) is 0 Å². The van der Waals surface area contributed by atoms with Gasteiger partial charge in [-0.3, -0.25) is 0 Å². The average molecular weight is 256 g/mol. The summed E-state index contributed by atoms with van der Waals surface area (Å²) in [5, 5.41) is 8.92. The van der Waals surface area contributed by atoms with E-state index in [1.807, 2.05) is 4.90 Å². The fourth-order valence-electron chi connectivity index (χ4n) is 2.43. The van der Waals surface area contributed by atoms with Gasteiger partial charge in [-0.1, -0.05) is 12.8 Å². The van der Waals surface area contributed by atoms with Crippen molar-refractivity contribution < 1.29 is 19.4 Å². The molecule has 102 valence electrons. The van der Waals surface area contributed by atoms with Crippen molar-refractivity contribution in [1.29, 1.82) is 0 Å². The molecule has 2 fully saturated rings. The molecular formula is C12H20N2O4. The van der Waals surface area contributed by atoms with Crippen LogP contribution in [0.1, 0.15) is 25.7 Å². The maximum absolute atomic E-state index is 12.3. The van der Waals surface area contributed by atoms with Crippen LogP contribution in [0.5, 0.6) is 0 Å². The molecule has 0 aliphatic carbocycles. The first-order valence-electron chi connectivity index (χ1n) is 6.57. The Labute approximate surface area is 106 Å². The van der Waals surface area contributed by atoms with Crippen molar-refractivity contribution in [1.82, 2.24) is 9.80 Å². The van der Waals surface area contributed by atoms with Gasteiger partial charge < -0.3 is 19.6 Å². The molecule has 2 rings (SSSR count). The molecule has 18 heavy (non-hydrogen) atoms. The van der Waals surface area contributed by atoms with Crippen molar-refractivity contribution in [3.63, 3.8) is 0 Å². The second-order valence-corrected chi connectivity index (χ2v) is 4.83. The van der Waals surface area contributed by atoms with Crippen LogP contribution in [0.4, 0.5) is 4.79 Å². The summed E-state index contributed by atoms with van der Waals surface area (Å²) in [5.74, 6) is -0.997. The first-order chi connectivity index (χ1) is 8.68. The SMILES string of the molecule is O=C(O)C1CN(C(=O)N2CCCCCC2)CCO1. The number of carbonyl (C=O) groups is 2. The molecule has 1 atom stereocenters. The molecule has 2 saturated heterocycles. The molecule has 6 nitrogen and oxygen atoms in total. The maximum Gasteiger partial charge on any atom is 0.334 e. The molecule has 0 saturated carbocycles. The van der Waals surface area contributed by atoms with Crippen LogP contribution in [0, 0.1) is 0 Å². The van der Waals surface area contributed by atoms with E-state index < -0.39 is 12.1 Å². The zero-order valence-electron chi connectivity index (χ0n) is 10.5. The highest BCUT2D eigenvalue weighted by molar-refractivity contribution is 5.77. The summed E-state index contributed by atoms with van der Waals surface area (Å²) in [5.41, 5.74) is 0. The van der Waals surface area contributed by atoms with Crippen LogP contribution in [0.15, 0.2) is 0 Å². The first kappa shape index (κ1) is 13.1. The highest BCUT2D eigenvalue weighted by atomic mass is 16.5. The Morgan fingerprint density at radius 1 is 1.00 bits per heavy atom. The zero-order chi connectivity index (χ0) is 13.0. The molecular weight excluding hydrogens is 236 g/mol. The molecule has 0 aromatic rings. The van der Waals surface area contributed by atoms with E-state index >= 15 is 0 Å². The molecule has 2 heterocycles. The first-order valence-corrected chi connectivity index (χ1v) is 6.57. The van der Waals surface area contributed by atoms with E-state index in [1.165, 1.54) is 12.8 Å². The molecule has 0 radical (unpaired) electrons.